The molecule has 1 aromatic rings. The molecule has 0 atom stereocenters. The van der Waals surface area contributed by atoms with Crippen molar-refractivity contribution in [2.75, 3.05) is 39.3 Å². The van der Waals surface area contributed by atoms with Crippen LogP contribution in [0.3, 0.4) is 0 Å². The SMILES string of the molecule is O=S(=O)(N1CCCC1)N1CCCN(Cc2ccccc2Cl)CC1. The number of hydrogen-bond donors (Lipinski definition) is 0. The minimum absolute atomic E-state index is 0.559. The van der Waals surface area contributed by atoms with Gasteiger partial charge in [-0.2, -0.15) is 17.0 Å². The third-order valence-electron chi connectivity index (χ3n) is 4.62. The maximum Gasteiger partial charge on any atom is 0.282 e. The van der Waals surface area contributed by atoms with Crippen molar-refractivity contribution in [1.29, 1.82) is 0 Å². The predicted octanol–water partition coefficient (Wildman–Crippen LogP) is 2.19. The van der Waals surface area contributed by atoms with Crippen LogP contribution in [-0.2, 0) is 16.8 Å². The third-order valence-corrected chi connectivity index (χ3v) is 7.02. The minimum Gasteiger partial charge on any atom is -0.298 e. The molecule has 1 aromatic carbocycles. The van der Waals surface area contributed by atoms with Gasteiger partial charge in [-0.15, -0.1) is 0 Å². The van der Waals surface area contributed by atoms with Crippen molar-refractivity contribution in [3.05, 3.63) is 34.9 Å². The molecule has 2 aliphatic rings. The average molecular weight is 358 g/mol. The molecule has 2 aliphatic heterocycles. The number of hydrogen-bond acceptors (Lipinski definition) is 3. The van der Waals surface area contributed by atoms with Gasteiger partial charge >= 0.3 is 0 Å². The Morgan fingerprint density at radius 2 is 1.52 bits per heavy atom. The highest BCUT2D eigenvalue weighted by Gasteiger charge is 2.32. The summed E-state index contributed by atoms with van der Waals surface area (Å²) >= 11 is 6.23. The van der Waals surface area contributed by atoms with Crippen molar-refractivity contribution < 1.29 is 8.42 Å². The molecular formula is C16H24ClN3O2S. The number of halogens is 1. The molecule has 0 amide bonds. The first-order valence-electron chi connectivity index (χ1n) is 8.28. The Labute approximate surface area is 144 Å². The van der Waals surface area contributed by atoms with Crippen LogP contribution in [0.1, 0.15) is 24.8 Å². The zero-order chi connectivity index (χ0) is 16.3. The van der Waals surface area contributed by atoms with Gasteiger partial charge in [0.2, 0.25) is 0 Å². The Kier molecular flexibility index (Phi) is 5.59. The van der Waals surface area contributed by atoms with Gasteiger partial charge in [-0.05, 0) is 37.4 Å². The Morgan fingerprint density at radius 3 is 2.26 bits per heavy atom. The van der Waals surface area contributed by atoms with Crippen molar-refractivity contribution in [3.8, 4) is 0 Å². The van der Waals surface area contributed by atoms with Crippen molar-refractivity contribution >= 4 is 21.8 Å². The second-order valence-electron chi connectivity index (χ2n) is 6.23. The van der Waals surface area contributed by atoms with Gasteiger partial charge < -0.3 is 0 Å². The molecule has 0 bridgehead atoms. The molecule has 3 rings (SSSR count). The van der Waals surface area contributed by atoms with Gasteiger partial charge in [-0.1, -0.05) is 29.8 Å². The van der Waals surface area contributed by atoms with Gasteiger partial charge in [0.25, 0.3) is 10.2 Å². The van der Waals surface area contributed by atoms with Crippen LogP contribution in [0.4, 0.5) is 0 Å². The van der Waals surface area contributed by atoms with Crippen LogP contribution < -0.4 is 0 Å². The number of benzene rings is 1. The predicted molar refractivity (Wildman–Crippen MR) is 92.6 cm³/mol. The first kappa shape index (κ1) is 17.2. The molecule has 0 unspecified atom stereocenters. The summed E-state index contributed by atoms with van der Waals surface area (Å²) in [5, 5.41) is 0.776. The van der Waals surface area contributed by atoms with Crippen molar-refractivity contribution in [1.82, 2.24) is 13.5 Å². The number of nitrogens with zero attached hydrogens (tertiary/aromatic N) is 3. The van der Waals surface area contributed by atoms with Crippen molar-refractivity contribution in [2.24, 2.45) is 0 Å². The zero-order valence-corrected chi connectivity index (χ0v) is 14.9. The van der Waals surface area contributed by atoms with Crippen LogP contribution in [0.5, 0.6) is 0 Å². The van der Waals surface area contributed by atoms with E-state index in [9.17, 15) is 8.42 Å². The fourth-order valence-electron chi connectivity index (χ4n) is 3.29. The lowest BCUT2D eigenvalue weighted by Crippen LogP contribution is -2.44. The second kappa shape index (κ2) is 7.49. The van der Waals surface area contributed by atoms with Crippen molar-refractivity contribution in [2.45, 2.75) is 25.8 Å². The normalized spacial score (nSPS) is 22.3. The van der Waals surface area contributed by atoms with Crippen molar-refractivity contribution in [3.63, 3.8) is 0 Å². The summed E-state index contributed by atoms with van der Waals surface area (Å²) in [5.74, 6) is 0. The molecule has 0 radical (unpaired) electrons. The molecule has 2 heterocycles. The molecule has 0 aliphatic carbocycles. The Morgan fingerprint density at radius 1 is 0.870 bits per heavy atom. The van der Waals surface area contributed by atoms with Crippen LogP contribution in [0.25, 0.3) is 0 Å². The van der Waals surface area contributed by atoms with E-state index in [-0.39, 0.29) is 0 Å². The lowest BCUT2D eigenvalue weighted by molar-refractivity contribution is 0.276. The molecular weight excluding hydrogens is 334 g/mol. The zero-order valence-electron chi connectivity index (χ0n) is 13.3. The van der Waals surface area contributed by atoms with Gasteiger partial charge in [-0.25, -0.2) is 0 Å². The second-order valence-corrected chi connectivity index (χ2v) is 8.57. The van der Waals surface area contributed by atoms with E-state index in [1.807, 2.05) is 24.3 Å². The summed E-state index contributed by atoms with van der Waals surface area (Å²) in [6.45, 7) is 4.93. The molecule has 128 valence electrons. The van der Waals surface area contributed by atoms with E-state index in [1.54, 1.807) is 8.61 Å². The average Bonchev–Trinajstić information content (AvgIpc) is 2.97. The highest BCUT2D eigenvalue weighted by molar-refractivity contribution is 7.86. The van der Waals surface area contributed by atoms with Gasteiger partial charge in [0.05, 0.1) is 0 Å². The largest absolute Gasteiger partial charge is 0.298 e. The first-order chi connectivity index (χ1) is 11.1. The molecule has 23 heavy (non-hydrogen) atoms. The smallest absolute Gasteiger partial charge is 0.282 e. The summed E-state index contributed by atoms with van der Waals surface area (Å²) in [6.07, 6.45) is 2.81. The van der Waals surface area contributed by atoms with Gasteiger partial charge in [0.15, 0.2) is 0 Å². The van der Waals surface area contributed by atoms with E-state index < -0.39 is 10.2 Å². The van der Waals surface area contributed by atoms with Crippen LogP contribution in [0, 0.1) is 0 Å². The topological polar surface area (TPSA) is 43.9 Å². The van der Waals surface area contributed by atoms with E-state index in [0.29, 0.717) is 26.2 Å². The summed E-state index contributed by atoms with van der Waals surface area (Å²) in [4.78, 5) is 2.29. The maximum absolute atomic E-state index is 12.7. The van der Waals surface area contributed by atoms with E-state index in [0.717, 1.165) is 49.5 Å². The summed E-state index contributed by atoms with van der Waals surface area (Å²) in [6, 6.07) is 7.85. The van der Waals surface area contributed by atoms with E-state index in [4.69, 9.17) is 11.6 Å². The molecule has 0 aromatic heterocycles. The fraction of sp³-hybridized carbons (Fsp3) is 0.625. The maximum atomic E-state index is 12.7. The van der Waals surface area contributed by atoms with Crippen LogP contribution in [0.2, 0.25) is 5.02 Å². The molecule has 0 spiro atoms. The fourth-order valence-corrected chi connectivity index (χ4v) is 5.20. The van der Waals surface area contributed by atoms with Gasteiger partial charge in [0, 0.05) is 44.3 Å². The highest BCUT2D eigenvalue weighted by Crippen LogP contribution is 2.20. The van der Waals surface area contributed by atoms with Crippen LogP contribution >= 0.6 is 11.6 Å². The Bertz CT molecular complexity index is 632. The highest BCUT2D eigenvalue weighted by atomic mass is 35.5. The molecule has 2 fully saturated rings. The van der Waals surface area contributed by atoms with E-state index in [1.165, 1.54) is 0 Å². The lowest BCUT2D eigenvalue weighted by atomic mass is 10.2. The molecule has 7 heteroatoms. The summed E-state index contributed by atoms with van der Waals surface area (Å²) in [5.41, 5.74) is 1.10. The summed E-state index contributed by atoms with van der Waals surface area (Å²) in [7, 11) is -3.28. The standard InChI is InChI=1S/C16H24ClN3O2S/c17-16-7-2-1-6-15(16)14-18-8-5-11-20(13-12-18)23(21,22)19-9-3-4-10-19/h1-2,6-7H,3-5,8-14H2. The minimum atomic E-state index is -3.28. The Hall–Kier alpha value is -0.660. The molecule has 2 saturated heterocycles. The first-order valence-corrected chi connectivity index (χ1v) is 10.1. The van der Waals surface area contributed by atoms with Gasteiger partial charge in [0.1, 0.15) is 0 Å². The van der Waals surface area contributed by atoms with E-state index >= 15 is 0 Å². The van der Waals surface area contributed by atoms with E-state index in [2.05, 4.69) is 4.90 Å². The number of rotatable bonds is 4. The quantitative estimate of drug-likeness (QED) is 0.829. The van der Waals surface area contributed by atoms with Crippen LogP contribution in [0.15, 0.2) is 24.3 Å². The van der Waals surface area contributed by atoms with Gasteiger partial charge in [-0.3, -0.25) is 4.90 Å². The third kappa shape index (κ3) is 4.06. The molecule has 5 nitrogen and oxygen atoms in total. The molecule has 0 saturated carbocycles. The Balaban J connectivity index is 1.62. The molecule has 0 N–H and O–H groups in total. The lowest BCUT2D eigenvalue weighted by Gasteiger charge is -2.26. The summed E-state index contributed by atoms with van der Waals surface area (Å²) < 4.78 is 28.6. The monoisotopic (exact) mass is 357 g/mol. The van der Waals surface area contributed by atoms with Crippen LogP contribution in [-0.4, -0.2) is 61.2 Å².